The lowest BCUT2D eigenvalue weighted by Gasteiger charge is -2.19. The zero-order chi connectivity index (χ0) is 13.8. The molecule has 1 aromatic heterocycles. The van der Waals surface area contributed by atoms with Crippen LogP contribution in [-0.2, 0) is 7.05 Å². The van der Waals surface area contributed by atoms with E-state index >= 15 is 0 Å². The molecule has 4 nitrogen and oxygen atoms in total. The molecule has 1 N–H and O–H groups in total. The van der Waals surface area contributed by atoms with Gasteiger partial charge >= 0.3 is 0 Å². The first-order valence-corrected chi connectivity index (χ1v) is 6.85. The van der Waals surface area contributed by atoms with Crippen LogP contribution in [0.3, 0.4) is 0 Å². The molecule has 5 heteroatoms. The fraction of sp³-hybridized carbons (Fsp3) is 0.429. The Kier molecular flexibility index (Phi) is 4.56. The van der Waals surface area contributed by atoms with E-state index in [1.165, 1.54) is 0 Å². The zero-order valence-electron chi connectivity index (χ0n) is 11.5. The minimum absolute atomic E-state index is 0.0676. The third kappa shape index (κ3) is 3.14. The SMILES string of the molecule is CCCNC(c1ccc(C)c(Cl)c1)c1cnnn1C. The van der Waals surface area contributed by atoms with Gasteiger partial charge in [0.25, 0.3) is 0 Å². The molecule has 0 spiro atoms. The van der Waals surface area contributed by atoms with E-state index in [2.05, 4.69) is 28.6 Å². The maximum absolute atomic E-state index is 6.23. The molecule has 0 saturated heterocycles. The highest BCUT2D eigenvalue weighted by Crippen LogP contribution is 2.25. The minimum atomic E-state index is 0.0676. The number of hydrogen-bond donors (Lipinski definition) is 1. The number of halogens is 1. The van der Waals surface area contributed by atoms with Crippen molar-refractivity contribution in [3.63, 3.8) is 0 Å². The third-order valence-electron chi connectivity index (χ3n) is 3.17. The van der Waals surface area contributed by atoms with Gasteiger partial charge in [-0.05, 0) is 37.1 Å². The monoisotopic (exact) mass is 278 g/mol. The molecule has 1 aromatic carbocycles. The van der Waals surface area contributed by atoms with E-state index in [9.17, 15) is 0 Å². The fourth-order valence-electron chi connectivity index (χ4n) is 2.03. The molecule has 19 heavy (non-hydrogen) atoms. The van der Waals surface area contributed by atoms with Crippen LogP contribution < -0.4 is 5.32 Å². The van der Waals surface area contributed by atoms with Gasteiger partial charge in [-0.3, -0.25) is 4.68 Å². The second-order valence-electron chi connectivity index (χ2n) is 4.68. The summed E-state index contributed by atoms with van der Waals surface area (Å²) in [5.74, 6) is 0. The summed E-state index contributed by atoms with van der Waals surface area (Å²) in [6.45, 7) is 5.08. The van der Waals surface area contributed by atoms with Gasteiger partial charge < -0.3 is 5.32 Å². The van der Waals surface area contributed by atoms with Crippen LogP contribution in [0.25, 0.3) is 0 Å². The van der Waals surface area contributed by atoms with Crippen LogP contribution in [-0.4, -0.2) is 21.5 Å². The van der Waals surface area contributed by atoms with Gasteiger partial charge in [-0.2, -0.15) is 0 Å². The number of aromatic nitrogens is 3. The summed E-state index contributed by atoms with van der Waals surface area (Å²) >= 11 is 6.23. The molecule has 0 amide bonds. The van der Waals surface area contributed by atoms with Gasteiger partial charge in [-0.1, -0.05) is 35.9 Å². The molecule has 0 aliphatic carbocycles. The maximum Gasteiger partial charge on any atom is 0.0798 e. The number of hydrogen-bond acceptors (Lipinski definition) is 3. The summed E-state index contributed by atoms with van der Waals surface area (Å²) in [4.78, 5) is 0. The number of benzene rings is 1. The lowest BCUT2D eigenvalue weighted by molar-refractivity contribution is 0.550. The molecule has 0 bridgehead atoms. The normalized spacial score (nSPS) is 12.6. The molecule has 0 aliphatic heterocycles. The lowest BCUT2D eigenvalue weighted by Crippen LogP contribution is -2.25. The van der Waals surface area contributed by atoms with Gasteiger partial charge in [0.05, 0.1) is 17.9 Å². The van der Waals surface area contributed by atoms with E-state index in [1.807, 2.05) is 26.1 Å². The van der Waals surface area contributed by atoms with Crippen LogP contribution in [0.15, 0.2) is 24.4 Å². The number of aryl methyl sites for hydroxylation is 2. The standard InChI is InChI=1S/C14H19ClN4/c1-4-7-16-14(13-9-17-18-19(13)3)11-6-5-10(2)12(15)8-11/h5-6,8-9,14,16H,4,7H2,1-3H3. The van der Waals surface area contributed by atoms with Crippen molar-refractivity contribution in [1.82, 2.24) is 20.3 Å². The van der Waals surface area contributed by atoms with Crippen molar-refractivity contribution >= 4 is 11.6 Å². The van der Waals surface area contributed by atoms with Crippen molar-refractivity contribution in [3.05, 3.63) is 46.2 Å². The molecular formula is C14H19ClN4. The molecule has 2 aromatic rings. The molecule has 0 aliphatic rings. The fourth-order valence-corrected chi connectivity index (χ4v) is 2.22. The second-order valence-corrected chi connectivity index (χ2v) is 5.09. The molecule has 2 rings (SSSR count). The Bertz CT molecular complexity index is 550. The van der Waals surface area contributed by atoms with E-state index in [0.29, 0.717) is 0 Å². The Morgan fingerprint density at radius 2 is 2.21 bits per heavy atom. The maximum atomic E-state index is 6.23. The predicted molar refractivity (Wildman–Crippen MR) is 77.3 cm³/mol. The van der Waals surface area contributed by atoms with Crippen LogP contribution in [0.1, 0.15) is 36.2 Å². The van der Waals surface area contributed by atoms with E-state index in [1.54, 1.807) is 10.9 Å². The number of nitrogens with zero attached hydrogens (tertiary/aromatic N) is 3. The Morgan fingerprint density at radius 3 is 2.79 bits per heavy atom. The van der Waals surface area contributed by atoms with Crippen LogP contribution in [0, 0.1) is 6.92 Å². The smallest absolute Gasteiger partial charge is 0.0798 e. The van der Waals surface area contributed by atoms with Crippen molar-refractivity contribution in [2.45, 2.75) is 26.3 Å². The predicted octanol–water partition coefficient (Wildman–Crippen LogP) is 2.87. The summed E-state index contributed by atoms with van der Waals surface area (Å²) in [5.41, 5.74) is 3.26. The first kappa shape index (κ1) is 14.0. The van der Waals surface area contributed by atoms with Crippen molar-refractivity contribution in [2.75, 3.05) is 6.54 Å². The van der Waals surface area contributed by atoms with Gasteiger partial charge in [0, 0.05) is 12.1 Å². The van der Waals surface area contributed by atoms with Gasteiger partial charge in [0.1, 0.15) is 0 Å². The minimum Gasteiger partial charge on any atom is -0.305 e. The van der Waals surface area contributed by atoms with Crippen LogP contribution in [0.2, 0.25) is 5.02 Å². The second kappa shape index (κ2) is 6.17. The highest BCUT2D eigenvalue weighted by molar-refractivity contribution is 6.31. The molecule has 0 fully saturated rings. The van der Waals surface area contributed by atoms with Crippen LogP contribution >= 0.6 is 11.6 Å². The van der Waals surface area contributed by atoms with Crippen molar-refractivity contribution in [1.29, 1.82) is 0 Å². The first-order valence-electron chi connectivity index (χ1n) is 6.47. The van der Waals surface area contributed by atoms with Gasteiger partial charge in [-0.15, -0.1) is 5.10 Å². The van der Waals surface area contributed by atoms with E-state index in [0.717, 1.165) is 34.8 Å². The summed E-state index contributed by atoms with van der Waals surface area (Å²) < 4.78 is 1.79. The molecule has 1 atom stereocenters. The summed E-state index contributed by atoms with van der Waals surface area (Å²) in [6, 6.07) is 6.22. The number of rotatable bonds is 5. The number of nitrogens with one attached hydrogen (secondary N) is 1. The highest BCUT2D eigenvalue weighted by atomic mass is 35.5. The Labute approximate surface area is 118 Å². The molecular weight excluding hydrogens is 260 g/mol. The highest BCUT2D eigenvalue weighted by Gasteiger charge is 2.17. The largest absolute Gasteiger partial charge is 0.305 e. The van der Waals surface area contributed by atoms with Crippen LogP contribution in [0.4, 0.5) is 0 Å². The van der Waals surface area contributed by atoms with E-state index in [-0.39, 0.29) is 6.04 Å². The molecule has 1 heterocycles. The summed E-state index contributed by atoms with van der Waals surface area (Å²) in [6.07, 6.45) is 2.86. The van der Waals surface area contributed by atoms with Crippen molar-refractivity contribution in [2.24, 2.45) is 7.05 Å². The van der Waals surface area contributed by atoms with Gasteiger partial charge in [0.2, 0.25) is 0 Å². The van der Waals surface area contributed by atoms with Gasteiger partial charge in [0.15, 0.2) is 0 Å². The van der Waals surface area contributed by atoms with E-state index in [4.69, 9.17) is 11.6 Å². The molecule has 1 unspecified atom stereocenters. The summed E-state index contributed by atoms with van der Waals surface area (Å²) in [7, 11) is 1.90. The van der Waals surface area contributed by atoms with Crippen molar-refractivity contribution in [3.8, 4) is 0 Å². The Morgan fingerprint density at radius 1 is 1.42 bits per heavy atom. The quantitative estimate of drug-likeness (QED) is 0.914. The molecule has 0 radical (unpaired) electrons. The third-order valence-corrected chi connectivity index (χ3v) is 3.58. The van der Waals surface area contributed by atoms with E-state index < -0.39 is 0 Å². The Hall–Kier alpha value is -1.39. The first-order chi connectivity index (χ1) is 9.13. The summed E-state index contributed by atoms with van der Waals surface area (Å²) in [5, 5.41) is 12.3. The Balaban J connectivity index is 2.37. The average Bonchev–Trinajstić information content (AvgIpc) is 2.80. The topological polar surface area (TPSA) is 42.7 Å². The molecule has 102 valence electrons. The van der Waals surface area contributed by atoms with Gasteiger partial charge in [-0.25, -0.2) is 0 Å². The average molecular weight is 279 g/mol. The zero-order valence-corrected chi connectivity index (χ0v) is 12.3. The molecule has 0 saturated carbocycles. The van der Waals surface area contributed by atoms with Crippen molar-refractivity contribution < 1.29 is 0 Å². The lowest BCUT2D eigenvalue weighted by atomic mass is 10.0. The van der Waals surface area contributed by atoms with Crippen LogP contribution in [0.5, 0.6) is 0 Å².